The monoisotopic (exact) mass is 455 g/mol. The maximum Gasteiger partial charge on any atom is 0.322 e. The van der Waals surface area contributed by atoms with E-state index in [4.69, 9.17) is 16.2 Å². The minimum Gasteiger partial charge on any atom is -0.421 e. The summed E-state index contributed by atoms with van der Waals surface area (Å²) in [6.07, 6.45) is 3.69. The SMILES string of the molecule is CCc1c(-c2ccc(N)cc2)n(-c2ccc(Oc3nccc(C)n3)c(F)c2)c2c(N)ncnc12. The molecule has 9 heteroatoms. The lowest BCUT2D eigenvalue weighted by Gasteiger charge is -2.14. The highest BCUT2D eigenvalue weighted by molar-refractivity contribution is 5.96. The van der Waals surface area contributed by atoms with E-state index in [0.717, 1.165) is 28.0 Å². The summed E-state index contributed by atoms with van der Waals surface area (Å²) in [6.45, 7) is 3.85. The highest BCUT2D eigenvalue weighted by atomic mass is 19.1. The number of halogens is 1. The first-order chi connectivity index (χ1) is 16.5. The molecule has 5 rings (SSSR count). The van der Waals surface area contributed by atoms with Gasteiger partial charge in [-0.25, -0.2) is 24.3 Å². The molecule has 4 N–H and O–H groups in total. The number of nitrogens with zero attached hydrogens (tertiary/aromatic N) is 5. The Kier molecular flexibility index (Phi) is 5.29. The Bertz CT molecular complexity index is 1510. The van der Waals surface area contributed by atoms with Gasteiger partial charge in [-0.15, -0.1) is 0 Å². The van der Waals surface area contributed by atoms with E-state index in [-0.39, 0.29) is 11.8 Å². The van der Waals surface area contributed by atoms with Gasteiger partial charge in [0, 0.05) is 34.9 Å². The molecule has 0 radical (unpaired) electrons. The van der Waals surface area contributed by atoms with E-state index in [1.165, 1.54) is 12.4 Å². The zero-order chi connectivity index (χ0) is 23.8. The van der Waals surface area contributed by atoms with Crippen molar-refractivity contribution in [3.8, 4) is 28.7 Å². The molecule has 34 heavy (non-hydrogen) atoms. The van der Waals surface area contributed by atoms with E-state index in [1.807, 2.05) is 42.7 Å². The molecule has 0 unspecified atom stereocenters. The van der Waals surface area contributed by atoms with Crippen LogP contribution in [0.15, 0.2) is 61.1 Å². The van der Waals surface area contributed by atoms with Gasteiger partial charge < -0.3 is 20.8 Å². The number of anilines is 2. The summed E-state index contributed by atoms with van der Waals surface area (Å²) in [5.74, 6) is -0.253. The van der Waals surface area contributed by atoms with Crippen molar-refractivity contribution in [3.05, 3.63) is 78.1 Å². The first-order valence-corrected chi connectivity index (χ1v) is 10.7. The van der Waals surface area contributed by atoms with E-state index in [1.54, 1.807) is 24.4 Å². The van der Waals surface area contributed by atoms with Gasteiger partial charge in [-0.2, -0.15) is 0 Å². The van der Waals surface area contributed by atoms with E-state index in [9.17, 15) is 0 Å². The molecule has 3 aromatic heterocycles. The van der Waals surface area contributed by atoms with Crippen LogP contribution in [0.5, 0.6) is 11.8 Å². The number of nitrogens with two attached hydrogens (primary N) is 2. The zero-order valence-electron chi connectivity index (χ0n) is 18.7. The summed E-state index contributed by atoms with van der Waals surface area (Å²) in [4.78, 5) is 16.9. The van der Waals surface area contributed by atoms with Crippen LogP contribution in [0.3, 0.4) is 0 Å². The van der Waals surface area contributed by atoms with Crippen molar-refractivity contribution >= 4 is 22.5 Å². The van der Waals surface area contributed by atoms with Gasteiger partial charge in [0.1, 0.15) is 11.8 Å². The van der Waals surface area contributed by atoms with Crippen molar-refractivity contribution in [2.75, 3.05) is 11.5 Å². The van der Waals surface area contributed by atoms with Crippen LogP contribution in [0.4, 0.5) is 15.9 Å². The molecule has 0 saturated carbocycles. The second-order valence-electron chi connectivity index (χ2n) is 7.79. The van der Waals surface area contributed by atoms with Gasteiger partial charge in [-0.1, -0.05) is 19.1 Å². The normalized spacial score (nSPS) is 11.1. The zero-order valence-corrected chi connectivity index (χ0v) is 18.7. The second-order valence-corrected chi connectivity index (χ2v) is 7.79. The summed E-state index contributed by atoms with van der Waals surface area (Å²) in [6, 6.07) is 14.0. The Labute approximate surface area is 195 Å². The Morgan fingerprint density at radius 1 is 1.00 bits per heavy atom. The summed E-state index contributed by atoms with van der Waals surface area (Å²) in [5, 5.41) is 0. The van der Waals surface area contributed by atoms with E-state index in [2.05, 4.69) is 19.9 Å². The average Bonchev–Trinajstić information content (AvgIpc) is 3.16. The molecule has 3 heterocycles. The van der Waals surface area contributed by atoms with Gasteiger partial charge in [0.2, 0.25) is 0 Å². The molecule has 0 atom stereocenters. The van der Waals surface area contributed by atoms with Gasteiger partial charge in [-0.3, -0.25) is 0 Å². The van der Waals surface area contributed by atoms with Crippen LogP contribution in [-0.4, -0.2) is 24.5 Å². The topological polar surface area (TPSA) is 118 Å². The molecule has 0 bridgehead atoms. The highest BCUT2D eigenvalue weighted by Crippen LogP contribution is 2.38. The van der Waals surface area contributed by atoms with Crippen LogP contribution in [0.25, 0.3) is 28.0 Å². The number of benzene rings is 2. The summed E-state index contributed by atoms with van der Waals surface area (Å²) >= 11 is 0. The molecule has 0 aliphatic carbocycles. The molecule has 0 saturated heterocycles. The lowest BCUT2D eigenvalue weighted by Crippen LogP contribution is -2.03. The number of ether oxygens (including phenoxy) is 1. The molecular formula is C25H22FN7O. The molecule has 0 fully saturated rings. The third-order valence-corrected chi connectivity index (χ3v) is 5.55. The van der Waals surface area contributed by atoms with Crippen LogP contribution < -0.4 is 16.2 Å². The predicted octanol–water partition coefficient (Wildman–Crippen LogP) is 4.84. The second kappa shape index (κ2) is 8.43. The number of rotatable bonds is 5. The maximum absolute atomic E-state index is 15.2. The smallest absolute Gasteiger partial charge is 0.322 e. The highest BCUT2D eigenvalue weighted by Gasteiger charge is 2.23. The van der Waals surface area contributed by atoms with Gasteiger partial charge in [0.15, 0.2) is 17.4 Å². The lowest BCUT2D eigenvalue weighted by atomic mass is 10.0. The van der Waals surface area contributed by atoms with Crippen molar-refractivity contribution in [1.29, 1.82) is 0 Å². The van der Waals surface area contributed by atoms with Crippen LogP contribution in [0, 0.1) is 12.7 Å². The fraction of sp³-hybridized carbons (Fsp3) is 0.120. The largest absolute Gasteiger partial charge is 0.421 e. The number of hydrogen-bond acceptors (Lipinski definition) is 7. The number of aromatic nitrogens is 5. The summed E-state index contributed by atoms with van der Waals surface area (Å²) < 4.78 is 22.7. The predicted molar refractivity (Wildman–Crippen MR) is 129 cm³/mol. The number of hydrogen-bond donors (Lipinski definition) is 2. The molecule has 0 aliphatic heterocycles. The molecule has 5 aromatic rings. The van der Waals surface area contributed by atoms with Crippen LogP contribution in [0.1, 0.15) is 18.2 Å². The fourth-order valence-corrected chi connectivity index (χ4v) is 4.02. The fourth-order valence-electron chi connectivity index (χ4n) is 4.02. The Morgan fingerprint density at radius 3 is 2.50 bits per heavy atom. The molecule has 8 nitrogen and oxygen atoms in total. The third kappa shape index (κ3) is 3.66. The molecular weight excluding hydrogens is 433 g/mol. The quantitative estimate of drug-likeness (QED) is 0.364. The van der Waals surface area contributed by atoms with Crippen molar-refractivity contribution in [2.45, 2.75) is 20.3 Å². The van der Waals surface area contributed by atoms with Crippen molar-refractivity contribution in [3.63, 3.8) is 0 Å². The minimum atomic E-state index is -0.568. The van der Waals surface area contributed by atoms with Gasteiger partial charge in [0.25, 0.3) is 0 Å². The molecule has 0 amide bonds. The van der Waals surface area contributed by atoms with E-state index in [0.29, 0.717) is 29.1 Å². The van der Waals surface area contributed by atoms with E-state index < -0.39 is 5.82 Å². The number of nitrogen functional groups attached to an aromatic ring is 2. The third-order valence-electron chi connectivity index (χ3n) is 5.55. The summed E-state index contributed by atoms with van der Waals surface area (Å²) in [7, 11) is 0. The Hall–Kier alpha value is -4.53. The van der Waals surface area contributed by atoms with Crippen molar-refractivity contribution in [2.24, 2.45) is 0 Å². The van der Waals surface area contributed by atoms with Crippen LogP contribution in [0.2, 0.25) is 0 Å². The van der Waals surface area contributed by atoms with Crippen molar-refractivity contribution < 1.29 is 9.13 Å². The first-order valence-electron chi connectivity index (χ1n) is 10.7. The number of fused-ring (bicyclic) bond motifs is 1. The van der Waals surface area contributed by atoms with E-state index >= 15 is 4.39 Å². The maximum atomic E-state index is 15.2. The number of aryl methyl sites for hydroxylation is 2. The van der Waals surface area contributed by atoms with Gasteiger partial charge >= 0.3 is 6.01 Å². The van der Waals surface area contributed by atoms with Crippen LogP contribution in [-0.2, 0) is 6.42 Å². The summed E-state index contributed by atoms with van der Waals surface area (Å²) in [5.41, 5.74) is 18.2. The average molecular weight is 455 g/mol. The van der Waals surface area contributed by atoms with Gasteiger partial charge in [-0.05, 0) is 49.2 Å². The van der Waals surface area contributed by atoms with Gasteiger partial charge in [0.05, 0.1) is 11.2 Å². The Balaban J connectivity index is 1.71. The van der Waals surface area contributed by atoms with Crippen molar-refractivity contribution in [1.82, 2.24) is 24.5 Å². The minimum absolute atomic E-state index is 0.0137. The standard InChI is InChI=1S/C25H22FN7O/c1-3-18-21-23(24(28)31-13-30-21)33(22(18)15-4-6-16(27)7-5-15)17-8-9-20(19(26)12-17)34-25-29-11-10-14(2)32-25/h4-13H,3,27H2,1-2H3,(H2,28,30,31). The molecule has 170 valence electrons. The lowest BCUT2D eigenvalue weighted by molar-refractivity contribution is 0.410. The molecule has 2 aromatic carbocycles. The Morgan fingerprint density at radius 2 is 1.79 bits per heavy atom. The van der Waals surface area contributed by atoms with Crippen LogP contribution >= 0.6 is 0 Å². The first kappa shape index (κ1) is 21.3. The molecule has 0 spiro atoms. The molecule has 0 aliphatic rings.